The molecular weight excluding hydrogens is 592 g/mol. The van der Waals surface area contributed by atoms with Crippen molar-refractivity contribution < 1.29 is 49.4 Å². The van der Waals surface area contributed by atoms with Crippen LogP contribution in [-0.2, 0) is 21.0 Å². The monoisotopic (exact) mass is 607 g/mol. The summed E-state index contributed by atoms with van der Waals surface area (Å²) in [7, 11) is -3.73. The number of ether oxygens (including phenoxy) is 3. The van der Waals surface area contributed by atoms with Crippen LogP contribution in [0.2, 0.25) is 0 Å². The molecule has 0 aliphatic heterocycles. The highest BCUT2D eigenvalue weighted by molar-refractivity contribution is 14.1. The lowest BCUT2D eigenvalue weighted by molar-refractivity contribution is -0.138. The molecule has 0 radical (unpaired) electrons. The number of hydrogen-bond acceptors (Lipinski definition) is 6. The average Bonchev–Trinajstić information content (AvgIpc) is 3.29. The van der Waals surface area contributed by atoms with Gasteiger partial charge in [0.05, 0.1) is 21.7 Å². The molecule has 180 valence electrons. The van der Waals surface area contributed by atoms with Gasteiger partial charge in [-0.1, -0.05) is 28.7 Å². The molecule has 0 saturated heterocycles. The van der Waals surface area contributed by atoms with Crippen molar-refractivity contribution in [2.75, 3.05) is 6.26 Å². The molecule has 0 spiro atoms. The van der Waals surface area contributed by atoms with Gasteiger partial charge in [-0.15, -0.1) is 0 Å². The smallest absolute Gasteiger partial charge is 0.416 e. The van der Waals surface area contributed by atoms with Crippen LogP contribution in [0.25, 0.3) is 0 Å². The molecule has 3 atom stereocenters. The number of rotatable bonds is 8. The third-order valence-electron chi connectivity index (χ3n) is 4.25. The predicted octanol–water partition coefficient (Wildman–Crippen LogP) is 4.36. The van der Waals surface area contributed by atoms with Crippen molar-refractivity contribution >= 4 is 38.5 Å². The van der Waals surface area contributed by atoms with Crippen molar-refractivity contribution in [3.63, 3.8) is 0 Å². The number of halogens is 6. The zero-order valence-electron chi connectivity index (χ0n) is 16.5. The molecule has 33 heavy (non-hydrogen) atoms. The second-order valence-electron chi connectivity index (χ2n) is 6.91. The summed E-state index contributed by atoms with van der Waals surface area (Å²) in [6.07, 6.45) is -4.56. The maximum absolute atomic E-state index is 12.9. The molecule has 1 saturated carbocycles. The van der Waals surface area contributed by atoms with Crippen LogP contribution < -0.4 is 18.9 Å². The normalized spacial score (nSPS) is 20.3. The summed E-state index contributed by atoms with van der Waals surface area (Å²) in [6, 6.07) is 7.61. The zero-order chi connectivity index (χ0) is 24.6. The van der Waals surface area contributed by atoms with Gasteiger partial charge in [-0.2, -0.15) is 22.0 Å². The molecule has 0 heterocycles. The van der Waals surface area contributed by atoms with Crippen molar-refractivity contribution in [1.29, 1.82) is 0 Å². The Labute approximate surface area is 198 Å². The summed E-state index contributed by atoms with van der Waals surface area (Å²) in [5.41, 5.74) is -1.19. The summed E-state index contributed by atoms with van der Waals surface area (Å²) >= 11 is 1.93. The third kappa shape index (κ3) is 6.82. The van der Waals surface area contributed by atoms with E-state index < -0.39 is 52.1 Å². The van der Waals surface area contributed by atoms with E-state index in [2.05, 4.69) is 4.74 Å². The van der Waals surface area contributed by atoms with Gasteiger partial charge in [0.25, 0.3) is 0 Å². The first-order chi connectivity index (χ1) is 15.2. The molecule has 3 rings (SSSR count). The lowest BCUT2D eigenvalue weighted by Crippen LogP contribution is -2.32. The van der Waals surface area contributed by atoms with Crippen molar-refractivity contribution in [1.82, 2.24) is 4.72 Å². The van der Waals surface area contributed by atoms with Gasteiger partial charge in [0.15, 0.2) is 11.5 Å². The van der Waals surface area contributed by atoms with Crippen LogP contribution in [0.3, 0.4) is 0 Å². The summed E-state index contributed by atoms with van der Waals surface area (Å²) in [6.45, 7) is -3.38. The number of nitrogens with one attached hydrogen (secondary N) is 1. The van der Waals surface area contributed by atoms with Crippen molar-refractivity contribution in [2.24, 2.45) is 5.92 Å². The number of hydrogen-bond donors (Lipinski definition) is 1. The first-order valence-electron chi connectivity index (χ1n) is 9.01. The number of alkyl halides is 6. The predicted molar refractivity (Wildman–Crippen MR) is 113 cm³/mol. The molecule has 1 amide bonds. The van der Waals surface area contributed by atoms with E-state index in [1.807, 2.05) is 27.3 Å². The Morgan fingerprint density at radius 1 is 1.09 bits per heavy atom. The van der Waals surface area contributed by atoms with E-state index in [1.165, 1.54) is 24.3 Å². The fraction of sp³-hybridized carbons (Fsp3) is 0.316. The van der Waals surface area contributed by atoms with Crippen LogP contribution in [0.4, 0.5) is 22.0 Å². The van der Waals surface area contributed by atoms with Crippen molar-refractivity contribution in [3.8, 4) is 23.0 Å². The molecule has 1 fully saturated rings. The fourth-order valence-electron chi connectivity index (χ4n) is 2.78. The minimum absolute atomic E-state index is 0.0363. The largest absolute Gasteiger partial charge is 0.488 e. The lowest BCUT2D eigenvalue weighted by atomic mass is 10.2. The van der Waals surface area contributed by atoms with E-state index in [1.54, 1.807) is 0 Å². The number of sulfonamides is 1. The molecule has 2 aromatic carbocycles. The molecule has 0 aromatic heterocycles. The highest BCUT2D eigenvalue weighted by Crippen LogP contribution is 2.43. The third-order valence-corrected chi connectivity index (χ3v) is 6.31. The molecular formula is C19H15F5INO6S. The van der Waals surface area contributed by atoms with E-state index in [9.17, 15) is 35.2 Å². The van der Waals surface area contributed by atoms with Crippen LogP contribution in [0.15, 0.2) is 42.5 Å². The number of benzene rings is 2. The van der Waals surface area contributed by atoms with Crippen LogP contribution in [0.1, 0.15) is 5.56 Å². The van der Waals surface area contributed by atoms with Crippen molar-refractivity contribution in [3.05, 3.63) is 48.0 Å². The Balaban J connectivity index is 1.75. The van der Waals surface area contributed by atoms with Gasteiger partial charge in [0, 0.05) is 6.07 Å². The van der Waals surface area contributed by atoms with E-state index in [0.717, 1.165) is 12.3 Å². The number of carbonyl (C=O) groups is 1. The second kappa shape index (κ2) is 9.48. The molecule has 0 unspecified atom stereocenters. The maximum atomic E-state index is 12.9. The molecule has 14 heteroatoms. The van der Waals surface area contributed by atoms with Crippen LogP contribution in [-0.4, -0.2) is 37.2 Å². The number of carbonyl (C=O) groups excluding carboxylic acids is 1. The summed E-state index contributed by atoms with van der Waals surface area (Å²) in [4.78, 5) is 12.0. The van der Waals surface area contributed by atoms with Crippen LogP contribution >= 0.6 is 22.6 Å². The van der Waals surface area contributed by atoms with E-state index >= 15 is 0 Å². The van der Waals surface area contributed by atoms with Crippen LogP contribution in [0, 0.1) is 5.92 Å². The Bertz CT molecular complexity index is 1140. The van der Waals surface area contributed by atoms with Gasteiger partial charge in [0.1, 0.15) is 17.6 Å². The molecule has 2 aromatic rings. The first kappa shape index (κ1) is 25.3. The Morgan fingerprint density at radius 3 is 2.36 bits per heavy atom. The van der Waals surface area contributed by atoms with Gasteiger partial charge in [-0.25, -0.2) is 8.42 Å². The molecule has 1 aliphatic rings. The Hall–Kier alpha value is -2.36. The second-order valence-corrected chi connectivity index (χ2v) is 10.1. The first-order valence-corrected chi connectivity index (χ1v) is 12.1. The average molecular weight is 607 g/mol. The summed E-state index contributed by atoms with van der Waals surface area (Å²) in [5.74, 6) is -2.38. The van der Waals surface area contributed by atoms with Crippen molar-refractivity contribution in [2.45, 2.75) is 22.8 Å². The van der Waals surface area contributed by atoms with Crippen LogP contribution in [0.5, 0.6) is 23.0 Å². The lowest BCUT2D eigenvalue weighted by Gasteiger charge is -2.15. The summed E-state index contributed by atoms with van der Waals surface area (Å²) in [5, 5.41) is 0. The zero-order valence-corrected chi connectivity index (χ0v) is 19.5. The van der Waals surface area contributed by atoms with Gasteiger partial charge in [-0.05, 0) is 30.3 Å². The topological polar surface area (TPSA) is 90.9 Å². The van der Waals surface area contributed by atoms with E-state index in [-0.39, 0.29) is 21.2 Å². The standard InChI is InChI=1S/C19H15F5INO6S/c1-33(28,29)26-17(27)14-15(25)16(14)31-11-4-2-3-10(8-11)30-12-6-5-9(19(22,23)24)7-13(12)32-18(20)21/h2-8,14-16,18H,1H3,(H,26,27)/t14-,15-,16+/m1/s1. The van der Waals surface area contributed by atoms with E-state index in [0.29, 0.717) is 12.1 Å². The van der Waals surface area contributed by atoms with Gasteiger partial charge in [-0.3, -0.25) is 9.52 Å². The highest BCUT2D eigenvalue weighted by atomic mass is 127. The Morgan fingerprint density at radius 2 is 1.76 bits per heavy atom. The molecule has 7 nitrogen and oxygen atoms in total. The number of amides is 1. The molecule has 1 aliphatic carbocycles. The van der Waals surface area contributed by atoms with Gasteiger partial charge in [0.2, 0.25) is 15.9 Å². The minimum Gasteiger partial charge on any atom is -0.488 e. The quantitative estimate of drug-likeness (QED) is 0.273. The fourth-order valence-corrected chi connectivity index (χ4v) is 4.37. The SMILES string of the molecule is CS(=O)(=O)NC(=O)[C@@H]1[C@@H](I)[C@H]1Oc1cccc(Oc2ccc(C(F)(F)F)cc2OC(F)F)c1. The van der Waals surface area contributed by atoms with Gasteiger partial charge < -0.3 is 14.2 Å². The minimum atomic E-state index is -4.77. The van der Waals surface area contributed by atoms with E-state index in [4.69, 9.17) is 9.47 Å². The molecule has 0 bridgehead atoms. The maximum Gasteiger partial charge on any atom is 0.416 e. The van der Waals surface area contributed by atoms with Gasteiger partial charge >= 0.3 is 12.8 Å². The summed E-state index contributed by atoms with van der Waals surface area (Å²) < 4.78 is 103. The Kier molecular flexibility index (Phi) is 7.26. The highest BCUT2D eigenvalue weighted by Gasteiger charge is 2.56. The molecule has 1 N–H and O–H groups in total.